The van der Waals surface area contributed by atoms with Crippen LogP contribution in [0.2, 0.25) is 0 Å². The lowest BCUT2D eigenvalue weighted by molar-refractivity contribution is -0.121. The minimum atomic E-state index is -3.51. The first-order valence-electron chi connectivity index (χ1n) is 9.85. The molecule has 0 fully saturated rings. The minimum Gasteiger partial charge on any atom is -0.381 e. The molecule has 0 saturated carbocycles. The first kappa shape index (κ1) is 23.3. The highest BCUT2D eigenvalue weighted by Crippen LogP contribution is 2.21. The topological polar surface area (TPSA) is 93.5 Å². The molecule has 0 unspecified atom stereocenters. The van der Waals surface area contributed by atoms with Crippen molar-refractivity contribution in [3.63, 3.8) is 0 Å². The number of hydrogen-bond donors (Lipinski definition) is 1. The number of carbonyl (C=O) groups is 1. The fourth-order valence-corrected chi connectivity index (χ4v) is 3.78. The molecular weight excluding hydrogens is 392 g/mol. The maximum absolute atomic E-state index is 12.3. The number of aromatic nitrogens is 2. The quantitative estimate of drug-likeness (QED) is 0.557. The molecule has 0 aliphatic rings. The van der Waals surface area contributed by atoms with Gasteiger partial charge in [-0.15, -0.1) is 0 Å². The summed E-state index contributed by atoms with van der Waals surface area (Å²) < 4.78 is 33.2. The lowest BCUT2D eigenvalue weighted by Crippen LogP contribution is -2.25. The van der Waals surface area contributed by atoms with Crippen LogP contribution in [0.15, 0.2) is 23.1 Å². The standard InChI is InChI=1S/C20H32N4O4S/c1-15(2)14-28-12-6-11-21-20(25)10-9-19-22-17-13-16(29(26,27)23(3)4)7-8-18(17)24(19)5/h7-8,13,15H,6,9-12,14H2,1-5H3,(H,21,25). The van der Waals surface area contributed by atoms with Crippen LogP contribution in [0.4, 0.5) is 0 Å². The van der Waals surface area contributed by atoms with Crippen LogP contribution < -0.4 is 5.32 Å². The van der Waals surface area contributed by atoms with Crippen molar-refractivity contribution in [2.75, 3.05) is 33.9 Å². The van der Waals surface area contributed by atoms with E-state index < -0.39 is 10.0 Å². The number of ether oxygens (including phenoxy) is 1. The summed E-state index contributed by atoms with van der Waals surface area (Å²) in [5.41, 5.74) is 1.44. The van der Waals surface area contributed by atoms with Crippen molar-refractivity contribution < 1.29 is 17.9 Å². The minimum absolute atomic E-state index is 0.0307. The van der Waals surface area contributed by atoms with Crippen LogP contribution in [0.5, 0.6) is 0 Å². The molecule has 0 bridgehead atoms. The van der Waals surface area contributed by atoms with E-state index in [1.807, 2.05) is 11.6 Å². The second-order valence-electron chi connectivity index (χ2n) is 7.70. The van der Waals surface area contributed by atoms with Crippen molar-refractivity contribution >= 4 is 27.0 Å². The van der Waals surface area contributed by atoms with E-state index in [0.29, 0.717) is 37.4 Å². The largest absolute Gasteiger partial charge is 0.381 e. The molecule has 29 heavy (non-hydrogen) atoms. The highest BCUT2D eigenvalue weighted by atomic mass is 32.2. The number of rotatable bonds is 11. The number of benzene rings is 1. The SMILES string of the molecule is CC(C)COCCCNC(=O)CCc1nc2cc(S(=O)(=O)N(C)C)ccc2n1C. The summed E-state index contributed by atoms with van der Waals surface area (Å²) in [4.78, 5) is 16.8. The molecule has 0 aliphatic carbocycles. The van der Waals surface area contributed by atoms with Gasteiger partial charge in [0.15, 0.2) is 0 Å². The molecule has 1 amide bonds. The molecule has 8 nitrogen and oxygen atoms in total. The van der Waals surface area contributed by atoms with Crippen molar-refractivity contribution in [2.45, 2.75) is 38.0 Å². The van der Waals surface area contributed by atoms with Crippen LogP contribution in [0.3, 0.4) is 0 Å². The second kappa shape index (κ2) is 10.2. The third kappa shape index (κ3) is 6.25. The number of carbonyl (C=O) groups excluding carboxylic acids is 1. The predicted octanol–water partition coefficient (Wildman–Crippen LogP) is 1.94. The molecule has 162 valence electrons. The maximum Gasteiger partial charge on any atom is 0.242 e. The van der Waals surface area contributed by atoms with E-state index in [9.17, 15) is 13.2 Å². The third-order valence-corrected chi connectivity index (χ3v) is 6.35. The molecule has 2 aromatic rings. The van der Waals surface area contributed by atoms with Crippen molar-refractivity contribution in [3.05, 3.63) is 24.0 Å². The van der Waals surface area contributed by atoms with E-state index in [1.54, 1.807) is 18.2 Å². The summed E-state index contributed by atoms with van der Waals surface area (Å²) in [6, 6.07) is 4.90. The summed E-state index contributed by atoms with van der Waals surface area (Å²) >= 11 is 0. The van der Waals surface area contributed by atoms with Crippen LogP contribution in [-0.2, 0) is 33.0 Å². The maximum atomic E-state index is 12.3. The number of amides is 1. The summed E-state index contributed by atoms with van der Waals surface area (Å²) in [6.07, 6.45) is 1.59. The Morgan fingerprint density at radius 1 is 1.31 bits per heavy atom. The summed E-state index contributed by atoms with van der Waals surface area (Å²) in [5.74, 6) is 1.23. The average Bonchev–Trinajstić information content (AvgIpc) is 2.97. The van der Waals surface area contributed by atoms with Gasteiger partial charge in [0.25, 0.3) is 0 Å². The Bertz CT molecular complexity index is 935. The Labute approximate surface area is 173 Å². The van der Waals surface area contributed by atoms with Gasteiger partial charge in [0.05, 0.1) is 15.9 Å². The van der Waals surface area contributed by atoms with Gasteiger partial charge >= 0.3 is 0 Å². The Morgan fingerprint density at radius 3 is 2.69 bits per heavy atom. The van der Waals surface area contributed by atoms with E-state index >= 15 is 0 Å². The van der Waals surface area contributed by atoms with Gasteiger partial charge in [-0.25, -0.2) is 17.7 Å². The molecule has 1 heterocycles. The zero-order valence-electron chi connectivity index (χ0n) is 17.9. The fraction of sp³-hybridized carbons (Fsp3) is 0.600. The fourth-order valence-electron chi connectivity index (χ4n) is 2.86. The van der Waals surface area contributed by atoms with E-state index in [1.165, 1.54) is 18.4 Å². The number of nitrogens with one attached hydrogen (secondary N) is 1. The smallest absolute Gasteiger partial charge is 0.242 e. The van der Waals surface area contributed by atoms with Gasteiger partial charge in [0.1, 0.15) is 5.82 Å². The molecule has 0 atom stereocenters. The van der Waals surface area contributed by atoms with Crippen LogP contribution in [-0.4, -0.2) is 62.0 Å². The normalized spacial score (nSPS) is 12.2. The molecule has 0 saturated heterocycles. The van der Waals surface area contributed by atoms with Gasteiger partial charge in [-0.05, 0) is 30.5 Å². The summed E-state index contributed by atoms with van der Waals surface area (Å²) in [7, 11) is 1.36. The van der Waals surface area contributed by atoms with Crippen LogP contribution in [0.1, 0.15) is 32.5 Å². The Kier molecular flexibility index (Phi) is 8.18. The predicted molar refractivity (Wildman–Crippen MR) is 113 cm³/mol. The molecule has 0 radical (unpaired) electrons. The lowest BCUT2D eigenvalue weighted by atomic mass is 10.2. The van der Waals surface area contributed by atoms with Gasteiger partial charge in [-0.1, -0.05) is 13.8 Å². The van der Waals surface area contributed by atoms with Gasteiger partial charge in [-0.3, -0.25) is 4.79 Å². The van der Waals surface area contributed by atoms with E-state index in [0.717, 1.165) is 24.4 Å². The van der Waals surface area contributed by atoms with Gasteiger partial charge in [-0.2, -0.15) is 0 Å². The van der Waals surface area contributed by atoms with E-state index in [-0.39, 0.29) is 10.8 Å². The van der Waals surface area contributed by atoms with Gasteiger partial charge in [0, 0.05) is 53.7 Å². The van der Waals surface area contributed by atoms with E-state index in [2.05, 4.69) is 24.1 Å². The molecule has 0 spiro atoms. The third-order valence-electron chi connectivity index (χ3n) is 4.54. The number of aryl methyl sites for hydroxylation is 2. The monoisotopic (exact) mass is 424 g/mol. The van der Waals surface area contributed by atoms with Crippen LogP contribution in [0.25, 0.3) is 11.0 Å². The molecule has 1 aromatic heterocycles. The van der Waals surface area contributed by atoms with E-state index in [4.69, 9.17) is 4.74 Å². The first-order valence-corrected chi connectivity index (χ1v) is 11.3. The highest BCUT2D eigenvalue weighted by molar-refractivity contribution is 7.89. The zero-order valence-corrected chi connectivity index (χ0v) is 18.8. The number of hydrogen-bond acceptors (Lipinski definition) is 5. The van der Waals surface area contributed by atoms with Crippen molar-refractivity contribution in [1.82, 2.24) is 19.2 Å². The van der Waals surface area contributed by atoms with Gasteiger partial charge < -0.3 is 14.6 Å². The molecule has 0 aliphatic heterocycles. The van der Waals surface area contributed by atoms with Crippen molar-refractivity contribution in [3.8, 4) is 0 Å². The number of nitrogens with zero attached hydrogens (tertiary/aromatic N) is 3. The Balaban J connectivity index is 1.92. The molecule has 9 heteroatoms. The molecule has 1 aromatic carbocycles. The number of sulfonamides is 1. The lowest BCUT2D eigenvalue weighted by Gasteiger charge is -2.10. The highest BCUT2D eigenvalue weighted by Gasteiger charge is 2.19. The van der Waals surface area contributed by atoms with Crippen LogP contribution in [0, 0.1) is 5.92 Å². The number of fused-ring (bicyclic) bond motifs is 1. The average molecular weight is 425 g/mol. The summed E-state index contributed by atoms with van der Waals surface area (Å²) in [5, 5.41) is 2.89. The summed E-state index contributed by atoms with van der Waals surface area (Å²) in [6.45, 7) is 6.17. The molecule has 1 N–H and O–H groups in total. The van der Waals surface area contributed by atoms with Crippen molar-refractivity contribution in [2.24, 2.45) is 13.0 Å². The Morgan fingerprint density at radius 2 is 2.03 bits per heavy atom. The first-order chi connectivity index (χ1) is 13.6. The molecule has 2 rings (SSSR count). The van der Waals surface area contributed by atoms with Crippen molar-refractivity contribution in [1.29, 1.82) is 0 Å². The van der Waals surface area contributed by atoms with Gasteiger partial charge in [0.2, 0.25) is 15.9 Å². The van der Waals surface area contributed by atoms with Crippen LogP contribution >= 0.6 is 0 Å². The number of imidazole rings is 1. The zero-order chi connectivity index (χ0) is 21.6. The Hall–Kier alpha value is -1.97. The second-order valence-corrected chi connectivity index (χ2v) is 9.85. The molecular formula is C20H32N4O4S.